The van der Waals surface area contributed by atoms with Gasteiger partial charge in [0.15, 0.2) is 0 Å². The first-order chi connectivity index (χ1) is 9.22. The van der Waals surface area contributed by atoms with Crippen molar-refractivity contribution in [3.8, 4) is 5.75 Å². The highest BCUT2D eigenvalue weighted by Gasteiger charge is 2.28. The summed E-state index contributed by atoms with van der Waals surface area (Å²) >= 11 is 0. The van der Waals surface area contributed by atoms with Crippen LogP contribution in [0.25, 0.3) is 0 Å². The Bertz CT molecular complexity index is 391. The van der Waals surface area contributed by atoms with Gasteiger partial charge in [0, 0.05) is 23.6 Å². The molecule has 0 saturated heterocycles. The first-order valence-electron chi connectivity index (χ1n) is 7.70. The summed E-state index contributed by atoms with van der Waals surface area (Å²) in [5.74, 6) is 1.59. The first-order valence-corrected chi connectivity index (χ1v) is 7.70. The highest BCUT2D eigenvalue weighted by molar-refractivity contribution is 5.37. The second-order valence-corrected chi connectivity index (χ2v) is 5.87. The number of ether oxygens (including phenoxy) is 1. The van der Waals surface area contributed by atoms with Gasteiger partial charge in [0.2, 0.25) is 0 Å². The Balaban J connectivity index is 1.98. The van der Waals surface area contributed by atoms with Crippen molar-refractivity contribution in [1.82, 2.24) is 5.32 Å². The molecule has 106 valence electrons. The number of hydrogen-bond donors (Lipinski definition) is 1. The number of hydrogen-bond acceptors (Lipinski definition) is 2. The summed E-state index contributed by atoms with van der Waals surface area (Å²) in [6.45, 7) is 7.65. The molecule has 1 heterocycles. The normalized spacial score (nSPS) is 23.5. The number of fused-ring (bicyclic) bond motifs is 1. The fraction of sp³-hybridized carbons (Fsp3) is 0.647. The van der Waals surface area contributed by atoms with E-state index in [9.17, 15) is 0 Å². The molecule has 1 aliphatic rings. The van der Waals surface area contributed by atoms with Crippen LogP contribution in [0.3, 0.4) is 0 Å². The Morgan fingerprint density at radius 2 is 2.11 bits per heavy atom. The topological polar surface area (TPSA) is 21.3 Å². The minimum atomic E-state index is 0.432. The monoisotopic (exact) mass is 261 g/mol. The van der Waals surface area contributed by atoms with Crippen LogP contribution in [-0.4, -0.2) is 12.6 Å². The Kier molecular flexibility index (Phi) is 5.26. The van der Waals surface area contributed by atoms with Gasteiger partial charge in [-0.25, -0.2) is 0 Å². The standard InChI is InChI=1S/C17H27NO/c1-4-5-6-9-14(3)18-17-13(2)12-19-16-11-8-7-10-15(16)17/h7-8,10-11,13-14,17-18H,4-6,9,12H2,1-3H3. The first kappa shape index (κ1) is 14.4. The van der Waals surface area contributed by atoms with Crippen molar-refractivity contribution in [2.24, 2.45) is 5.92 Å². The third kappa shape index (κ3) is 3.73. The average Bonchev–Trinajstić information content (AvgIpc) is 2.42. The van der Waals surface area contributed by atoms with Gasteiger partial charge in [-0.15, -0.1) is 0 Å². The number of para-hydroxylation sites is 1. The molecule has 1 aliphatic heterocycles. The van der Waals surface area contributed by atoms with Crippen molar-refractivity contribution in [3.63, 3.8) is 0 Å². The molecule has 0 saturated carbocycles. The molecule has 0 fully saturated rings. The fourth-order valence-electron chi connectivity index (χ4n) is 2.84. The lowest BCUT2D eigenvalue weighted by Gasteiger charge is -2.34. The van der Waals surface area contributed by atoms with E-state index in [2.05, 4.69) is 50.4 Å². The number of unbranched alkanes of at least 4 members (excludes halogenated alkanes) is 2. The van der Waals surface area contributed by atoms with Crippen molar-refractivity contribution in [2.45, 2.75) is 58.5 Å². The second kappa shape index (κ2) is 6.95. The molecule has 0 radical (unpaired) electrons. The summed E-state index contributed by atoms with van der Waals surface area (Å²) < 4.78 is 5.81. The van der Waals surface area contributed by atoms with Gasteiger partial charge >= 0.3 is 0 Å². The molecule has 3 unspecified atom stereocenters. The van der Waals surface area contributed by atoms with Gasteiger partial charge < -0.3 is 10.1 Å². The van der Waals surface area contributed by atoms with E-state index >= 15 is 0 Å². The predicted octanol–water partition coefficient (Wildman–Crippen LogP) is 4.31. The summed E-state index contributed by atoms with van der Waals surface area (Å²) in [6.07, 6.45) is 5.22. The zero-order valence-corrected chi connectivity index (χ0v) is 12.5. The third-order valence-corrected chi connectivity index (χ3v) is 4.03. The molecule has 2 rings (SSSR count). The molecule has 0 spiro atoms. The highest BCUT2D eigenvalue weighted by Crippen LogP contribution is 2.35. The Hall–Kier alpha value is -1.02. The smallest absolute Gasteiger partial charge is 0.124 e. The van der Waals surface area contributed by atoms with E-state index in [-0.39, 0.29) is 0 Å². The third-order valence-electron chi connectivity index (χ3n) is 4.03. The molecule has 1 N–H and O–H groups in total. The van der Waals surface area contributed by atoms with E-state index in [0.29, 0.717) is 18.0 Å². The Morgan fingerprint density at radius 1 is 1.32 bits per heavy atom. The Morgan fingerprint density at radius 3 is 2.89 bits per heavy atom. The summed E-state index contributed by atoms with van der Waals surface area (Å²) in [5, 5.41) is 3.80. The number of nitrogens with one attached hydrogen (secondary N) is 1. The van der Waals surface area contributed by atoms with Crippen LogP contribution in [0.1, 0.15) is 58.1 Å². The molecule has 0 aromatic heterocycles. The molecule has 0 amide bonds. The van der Waals surface area contributed by atoms with Gasteiger partial charge in [-0.1, -0.05) is 51.3 Å². The van der Waals surface area contributed by atoms with Gasteiger partial charge in [-0.2, -0.15) is 0 Å². The molecular formula is C17H27NO. The lowest BCUT2D eigenvalue weighted by atomic mass is 9.91. The maximum Gasteiger partial charge on any atom is 0.124 e. The van der Waals surface area contributed by atoms with E-state index in [1.807, 2.05) is 0 Å². The molecule has 19 heavy (non-hydrogen) atoms. The quantitative estimate of drug-likeness (QED) is 0.770. The lowest BCUT2D eigenvalue weighted by Crippen LogP contribution is -2.38. The lowest BCUT2D eigenvalue weighted by molar-refractivity contribution is 0.180. The van der Waals surface area contributed by atoms with Crippen molar-refractivity contribution in [2.75, 3.05) is 6.61 Å². The van der Waals surface area contributed by atoms with Crippen LogP contribution >= 0.6 is 0 Å². The molecule has 1 aromatic carbocycles. The van der Waals surface area contributed by atoms with Crippen molar-refractivity contribution in [1.29, 1.82) is 0 Å². The van der Waals surface area contributed by atoms with E-state index in [0.717, 1.165) is 12.4 Å². The SMILES string of the molecule is CCCCCC(C)NC1c2ccccc2OCC1C. The summed E-state index contributed by atoms with van der Waals surface area (Å²) in [4.78, 5) is 0. The second-order valence-electron chi connectivity index (χ2n) is 5.87. The van der Waals surface area contributed by atoms with E-state index < -0.39 is 0 Å². The van der Waals surface area contributed by atoms with Crippen LogP contribution < -0.4 is 10.1 Å². The predicted molar refractivity (Wildman–Crippen MR) is 80.6 cm³/mol. The highest BCUT2D eigenvalue weighted by atomic mass is 16.5. The summed E-state index contributed by atoms with van der Waals surface area (Å²) in [5.41, 5.74) is 1.32. The van der Waals surface area contributed by atoms with E-state index in [1.165, 1.54) is 31.2 Å². The molecule has 2 nitrogen and oxygen atoms in total. The van der Waals surface area contributed by atoms with Crippen LogP contribution in [0.5, 0.6) is 5.75 Å². The summed E-state index contributed by atoms with van der Waals surface area (Å²) in [7, 11) is 0. The average molecular weight is 261 g/mol. The van der Waals surface area contributed by atoms with Crippen LogP contribution in [0.4, 0.5) is 0 Å². The number of benzene rings is 1. The van der Waals surface area contributed by atoms with Crippen molar-refractivity contribution < 1.29 is 4.74 Å². The molecule has 0 aliphatic carbocycles. The fourth-order valence-corrected chi connectivity index (χ4v) is 2.84. The van der Waals surface area contributed by atoms with Crippen LogP contribution in [-0.2, 0) is 0 Å². The minimum Gasteiger partial charge on any atom is -0.493 e. The summed E-state index contributed by atoms with van der Waals surface area (Å²) in [6, 6.07) is 9.44. The van der Waals surface area contributed by atoms with Gasteiger partial charge in [0.25, 0.3) is 0 Å². The minimum absolute atomic E-state index is 0.432. The van der Waals surface area contributed by atoms with Gasteiger partial charge in [0.1, 0.15) is 5.75 Å². The molecule has 3 atom stereocenters. The molecular weight excluding hydrogens is 234 g/mol. The van der Waals surface area contributed by atoms with E-state index in [4.69, 9.17) is 4.74 Å². The Labute approximate surface area is 117 Å². The molecule has 1 aromatic rings. The largest absolute Gasteiger partial charge is 0.493 e. The van der Waals surface area contributed by atoms with Gasteiger partial charge in [0.05, 0.1) is 6.61 Å². The van der Waals surface area contributed by atoms with Crippen LogP contribution in [0.2, 0.25) is 0 Å². The van der Waals surface area contributed by atoms with Crippen LogP contribution in [0.15, 0.2) is 24.3 Å². The van der Waals surface area contributed by atoms with E-state index in [1.54, 1.807) is 0 Å². The van der Waals surface area contributed by atoms with Crippen LogP contribution in [0, 0.1) is 5.92 Å². The maximum absolute atomic E-state index is 5.81. The van der Waals surface area contributed by atoms with Crippen molar-refractivity contribution in [3.05, 3.63) is 29.8 Å². The van der Waals surface area contributed by atoms with Gasteiger partial charge in [-0.05, 0) is 19.4 Å². The molecule has 0 bridgehead atoms. The van der Waals surface area contributed by atoms with Crippen molar-refractivity contribution >= 4 is 0 Å². The molecule has 2 heteroatoms. The zero-order chi connectivity index (χ0) is 13.7. The number of rotatable bonds is 6. The maximum atomic E-state index is 5.81. The zero-order valence-electron chi connectivity index (χ0n) is 12.5. The van der Waals surface area contributed by atoms with Gasteiger partial charge in [-0.3, -0.25) is 0 Å².